The number of nitrogens with one attached hydrogen (secondary N) is 1. The third kappa shape index (κ3) is 5.43. The van der Waals surface area contributed by atoms with Gasteiger partial charge in [0.05, 0.1) is 24.9 Å². The number of hydrogen-bond donors (Lipinski definition) is 2. The summed E-state index contributed by atoms with van der Waals surface area (Å²) in [6, 6.07) is 14.2. The molecule has 2 aromatic heterocycles. The zero-order chi connectivity index (χ0) is 23.2. The van der Waals surface area contributed by atoms with Gasteiger partial charge in [0.25, 0.3) is 5.91 Å². The van der Waals surface area contributed by atoms with Crippen LogP contribution in [-0.2, 0) is 11.4 Å². The number of para-hydroxylation sites is 2. The number of carbonyl (C=O) groups excluding carboxylic acids is 2. The maximum atomic E-state index is 12.6. The number of pyridine rings is 1. The van der Waals surface area contributed by atoms with Crippen molar-refractivity contribution in [1.82, 2.24) is 4.98 Å². The predicted molar refractivity (Wildman–Crippen MR) is 122 cm³/mol. The van der Waals surface area contributed by atoms with E-state index in [0.717, 1.165) is 25.2 Å². The predicted octanol–water partition coefficient (Wildman–Crippen LogP) is 3.22. The highest BCUT2D eigenvalue weighted by atomic mass is 16.5. The van der Waals surface area contributed by atoms with Gasteiger partial charge in [-0.25, -0.2) is 4.98 Å². The van der Waals surface area contributed by atoms with Crippen LogP contribution >= 0.6 is 0 Å². The second-order valence-electron chi connectivity index (χ2n) is 7.75. The molecule has 0 radical (unpaired) electrons. The SMILES string of the molecule is COc1ccccc1OCc1ccc(C(=O)Nc2ccc(N3CCCC(C(N)=O)C3)nc2)o1. The number of aromatic nitrogens is 1. The fourth-order valence-electron chi connectivity index (χ4n) is 3.72. The fraction of sp³-hybridized carbons (Fsp3) is 0.292. The second kappa shape index (κ2) is 10.1. The Morgan fingerprint density at radius 3 is 2.73 bits per heavy atom. The molecule has 172 valence electrons. The molecule has 0 saturated carbocycles. The van der Waals surface area contributed by atoms with Crippen LogP contribution in [0.25, 0.3) is 0 Å². The number of piperidine rings is 1. The number of benzene rings is 1. The molecule has 2 amide bonds. The average molecular weight is 450 g/mol. The van der Waals surface area contributed by atoms with Gasteiger partial charge in [0.15, 0.2) is 17.3 Å². The lowest BCUT2D eigenvalue weighted by molar-refractivity contribution is -0.122. The molecule has 1 aliphatic heterocycles. The number of furan rings is 1. The largest absolute Gasteiger partial charge is 0.493 e. The summed E-state index contributed by atoms with van der Waals surface area (Å²) in [6.07, 6.45) is 3.26. The fourth-order valence-corrected chi connectivity index (χ4v) is 3.72. The number of anilines is 2. The minimum atomic E-state index is -0.389. The number of carbonyl (C=O) groups is 2. The molecule has 1 saturated heterocycles. The highest BCUT2D eigenvalue weighted by Crippen LogP contribution is 2.27. The van der Waals surface area contributed by atoms with E-state index in [9.17, 15) is 9.59 Å². The Bertz CT molecular complexity index is 1110. The van der Waals surface area contributed by atoms with E-state index in [1.165, 1.54) is 0 Å². The average Bonchev–Trinajstić information content (AvgIpc) is 3.33. The maximum Gasteiger partial charge on any atom is 0.291 e. The van der Waals surface area contributed by atoms with Gasteiger partial charge in [0, 0.05) is 13.1 Å². The minimum absolute atomic E-state index is 0.159. The molecule has 0 bridgehead atoms. The van der Waals surface area contributed by atoms with Crippen molar-refractivity contribution < 1.29 is 23.5 Å². The molecule has 3 heterocycles. The van der Waals surface area contributed by atoms with Crippen LogP contribution in [0.15, 0.2) is 59.1 Å². The molecule has 1 unspecified atom stereocenters. The molecule has 3 aromatic rings. The Hall–Kier alpha value is -4.01. The highest BCUT2D eigenvalue weighted by molar-refractivity contribution is 6.02. The molecule has 33 heavy (non-hydrogen) atoms. The summed E-state index contributed by atoms with van der Waals surface area (Å²) < 4.78 is 16.6. The lowest BCUT2D eigenvalue weighted by Gasteiger charge is -2.32. The third-order valence-corrected chi connectivity index (χ3v) is 5.48. The number of nitrogens with zero attached hydrogens (tertiary/aromatic N) is 2. The first kappa shape index (κ1) is 22.2. The van der Waals surface area contributed by atoms with Crippen LogP contribution in [-0.4, -0.2) is 37.0 Å². The molecule has 4 rings (SSSR count). The smallest absolute Gasteiger partial charge is 0.291 e. The van der Waals surface area contributed by atoms with Crippen molar-refractivity contribution in [3.63, 3.8) is 0 Å². The summed E-state index contributed by atoms with van der Waals surface area (Å²) in [6.45, 7) is 1.53. The van der Waals surface area contributed by atoms with E-state index in [1.54, 1.807) is 43.6 Å². The van der Waals surface area contributed by atoms with Crippen LogP contribution in [0.3, 0.4) is 0 Å². The Morgan fingerprint density at radius 2 is 2.00 bits per heavy atom. The number of ether oxygens (including phenoxy) is 2. The van der Waals surface area contributed by atoms with E-state index in [1.807, 2.05) is 23.1 Å². The summed E-state index contributed by atoms with van der Waals surface area (Å²) in [5.74, 6) is 1.78. The first-order valence-corrected chi connectivity index (χ1v) is 10.7. The Balaban J connectivity index is 1.33. The molecule has 0 aliphatic carbocycles. The van der Waals surface area contributed by atoms with Crippen molar-refractivity contribution in [3.05, 3.63) is 66.2 Å². The number of hydrogen-bond acceptors (Lipinski definition) is 7. The van der Waals surface area contributed by atoms with Crippen molar-refractivity contribution in [2.75, 3.05) is 30.4 Å². The molecule has 9 nitrogen and oxygen atoms in total. The Kier molecular flexibility index (Phi) is 6.77. The van der Waals surface area contributed by atoms with Gasteiger partial charge < -0.3 is 29.8 Å². The first-order valence-electron chi connectivity index (χ1n) is 10.7. The van der Waals surface area contributed by atoms with Gasteiger partial charge in [-0.15, -0.1) is 0 Å². The molecule has 1 aliphatic rings. The van der Waals surface area contributed by atoms with Gasteiger partial charge >= 0.3 is 0 Å². The van der Waals surface area contributed by atoms with Crippen LogP contribution in [0.1, 0.15) is 29.2 Å². The van der Waals surface area contributed by atoms with E-state index in [-0.39, 0.29) is 30.1 Å². The van der Waals surface area contributed by atoms with Crippen molar-refractivity contribution in [2.24, 2.45) is 11.7 Å². The van der Waals surface area contributed by atoms with Crippen molar-refractivity contribution >= 4 is 23.3 Å². The van der Waals surface area contributed by atoms with Gasteiger partial charge in [-0.2, -0.15) is 0 Å². The van der Waals surface area contributed by atoms with Crippen molar-refractivity contribution in [3.8, 4) is 11.5 Å². The lowest BCUT2D eigenvalue weighted by atomic mass is 9.97. The zero-order valence-corrected chi connectivity index (χ0v) is 18.3. The molecular weight excluding hydrogens is 424 g/mol. The zero-order valence-electron chi connectivity index (χ0n) is 18.3. The van der Waals surface area contributed by atoms with Crippen LogP contribution in [0.2, 0.25) is 0 Å². The standard InChI is InChI=1S/C24H26N4O5/c1-31-19-6-2-3-7-20(19)32-15-18-9-10-21(33-18)24(30)27-17-8-11-22(26-13-17)28-12-4-5-16(14-28)23(25)29/h2-3,6-11,13,16H,4-5,12,14-15H2,1H3,(H2,25,29)(H,27,30). The van der Waals surface area contributed by atoms with Crippen LogP contribution in [0.4, 0.5) is 11.5 Å². The van der Waals surface area contributed by atoms with Gasteiger partial charge in [-0.1, -0.05) is 12.1 Å². The summed E-state index contributed by atoms with van der Waals surface area (Å²) in [7, 11) is 1.57. The number of rotatable bonds is 8. The summed E-state index contributed by atoms with van der Waals surface area (Å²) >= 11 is 0. The molecular formula is C24H26N4O5. The van der Waals surface area contributed by atoms with Gasteiger partial charge in [0.1, 0.15) is 18.2 Å². The summed E-state index contributed by atoms with van der Waals surface area (Å²) in [5.41, 5.74) is 5.99. The van der Waals surface area contributed by atoms with E-state index in [4.69, 9.17) is 19.6 Å². The topological polar surface area (TPSA) is 120 Å². The summed E-state index contributed by atoms with van der Waals surface area (Å²) in [5, 5.41) is 2.77. The molecule has 9 heteroatoms. The second-order valence-corrected chi connectivity index (χ2v) is 7.75. The van der Waals surface area contributed by atoms with Gasteiger partial charge in [-0.05, 0) is 49.2 Å². The first-order chi connectivity index (χ1) is 16.0. The molecule has 1 atom stereocenters. The number of nitrogens with two attached hydrogens (primary N) is 1. The van der Waals surface area contributed by atoms with Crippen molar-refractivity contribution in [2.45, 2.75) is 19.4 Å². The van der Waals surface area contributed by atoms with Crippen LogP contribution < -0.4 is 25.4 Å². The third-order valence-electron chi connectivity index (χ3n) is 5.48. The lowest BCUT2D eigenvalue weighted by Crippen LogP contribution is -2.41. The van der Waals surface area contributed by atoms with E-state index in [0.29, 0.717) is 29.5 Å². The van der Waals surface area contributed by atoms with E-state index < -0.39 is 0 Å². The monoisotopic (exact) mass is 450 g/mol. The van der Waals surface area contributed by atoms with Crippen molar-refractivity contribution in [1.29, 1.82) is 0 Å². The van der Waals surface area contributed by atoms with Gasteiger partial charge in [0.2, 0.25) is 5.91 Å². The Morgan fingerprint density at radius 1 is 1.18 bits per heavy atom. The normalized spacial score (nSPS) is 15.7. The summed E-state index contributed by atoms with van der Waals surface area (Å²) in [4.78, 5) is 30.5. The number of primary amides is 1. The number of methoxy groups -OCH3 is 1. The molecule has 1 aromatic carbocycles. The number of amides is 2. The van der Waals surface area contributed by atoms with E-state index in [2.05, 4.69) is 10.3 Å². The molecule has 1 fully saturated rings. The van der Waals surface area contributed by atoms with Crippen LogP contribution in [0, 0.1) is 5.92 Å². The van der Waals surface area contributed by atoms with E-state index >= 15 is 0 Å². The molecule has 0 spiro atoms. The maximum absolute atomic E-state index is 12.6. The Labute approximate surface area is 191 Å². The highest BCUT2D eigenvalue weighted by Gasteiger charge is 2.24. The molecule has 3 N–H and O–H groups in total. The minimum Gasteiger partial charge on any atom is -0.493 e. The van der Waals surface area contributed by atoms with Crippen LogP contribution in [0.5, 0.6) is 11.5 Å². The van der Waals surface area contributed by atoms with Gasteiger partial charge in [-0.3, -0.25) is 9.59 Å². The quantitative estimate of drug-likeness (QED) is 0.541.